The average Bonchev–Trinajstić information content (AvgIpc) is 3.04. The Bertz CT molecular complexity index is 446. The molecule has 1 fully saturated rings. The highest BCUT2D eigenvalue weighted by atomic mass is 32.1. The Labute approximate surface area is 118 Å². The van der Waals surface area contributed by atoms with E-state index in [9.17, 15) is 0 Å². The zero-order valence-corrected chi connectivity index (χ0v) is 12.3. The molecule has 5 heteroatoms. The fourth-order valence-electron chi connectivity index (χ4n) is 3.16. The molecule has 0 bridgehead atoms. The van der Waals surface area contributed by atoms with Crippen LogP contribution in [0.1, 0.15) is 24.6 Å². The van der Waals surface area contributed by atoms with Gasteiger partial charge in [-0.2, -0.15) is 0 Å². The Morgan fingerprint density at radius 1 is 1.42 bits per heavy atom. The van der Waals surface area contributed by atoms with Crippen molar-refractivity contribution < 1.29 is 0 Å². The predicted molar refractivity (Wildman–Crippen MR) is 80.4 cm³/mol. The molecule has 1 spiro atoms. The third-order valence-corrected chi connectivity index (χ3v) is 5.37. The summed E-state index contributed by atoms with van der Waals surface area (Å²) < 4.78 is 0. The zero-order chi connectivity index (χ0) is 13.3. The SMILES string of the molecule is CCN1CCC2(CC1)CN=C(N)N2Cc1cccs1. The molecule has 2 aliphatic rings. The van der Waals surface area contributed by atoms with Gasteiger partial charge in [0.05, 0.1) is 18.6 Å². The van der Waals surface area contributed by atoms with Crippen molar-refractivity contribution in [2.45, 2.75) is 31.8 Å². The van der Waals surface area contributed by atoms with Gasteiger partial charge in [-0.05, 0) is 30.8 Å². The molecule has 0 unspecified atom stereocenters. The van der Waals surface area contributed by atoms with Gasteiger partial charge in [0.1, 0.15) is 0 Å². The van der Waals surface area contributed by atoms with Crippen molar-refractivity contribution in [1.82, 2.24) is 9.80 Å². The largest absolute Gasteiger partial charge is 0.370 e. The molecule has 0 saturated carbocycles. The highest BCUT2D eigenvalue weighted by Crippen LogP contribution is 2.34. The number of hydrogen-bond donors (Lipinski definition) is 1. The Morgan fingerprint density at radius 3 is 2.84 bits per heavy atom. The van der Waals surface area contributed by atoms with Crippen molar-refractivity contribution in [3.05, 3.63) is 22.4 Å². The lowest BCUT2D eigenvalue weighted by Crippen LogP contribution is -2.56. The molecule has 1 aromatic heterocycles. The third kappa shape index (κ3) is 2.37. The quantitative estimate of drug-likeness (QED) is 0.916. The number of guanidine groups is 1. The van der Waals surface area contributed by atoms with Gasteiger partial charge in [0, 0.05) is 18.0 Å². The van der Waals surface area contributed by atoms with E-state index in [0.717, 1.165) is 25.6 Å². The second-order valence-corrected chi connectivity index (χ2v) is 6.53. The number of aliphatic imine (C=N–C) groups is 1. The van der Waals surface area contributed by atoms with Crippen LogP contribution < -0.4 is 5.73 Å². The van der Waals surface area contributed by atoms with Gasteiger partial charge in [-0.25, -0.2) is 0 Å². The van der Waals surface area contributed by atoms with Crippen molar-refractivity contribution in [2.24, 2.45) is 10.7 Å². The molecule has 19 heavy (non-hydrogen) atoms. The van der Waals surface area contributed by atoms with Gasteiger partial charge in [-0.3, -0.25) is 4.99 Å². The number of rotatable bonds is 3. The fourth-order valence-corrected chi connectivity index (χ4v) is 3.86. The van der Waals surface area contributed by atoms with Crippen LogP contribution in [0.3, 0.4) is 0 Å². The molecule has 4 nitrogen and oxygen atoms in total. The molecular weight excluding hydrogens is 256 g/mol. The Kier molecular flexibility index (Phi) is 3.50. The minimum absolute atomic E-state index is 0.180. The topological polar surface area (TPSA) is 44.9 Å². The number of thiophene rings is 1. The van der Waals surface area contributed by atoms with E-state index in [2.05, 4.69) is 39.2 Å². The van der Waals surface area contributed by atoms with Gasteiger partial charge in [-0.15, -0.1) is 11.3 Å². The normalized spacial score (nSPS) is 23.0. The van der Waals surface area contributed by atoms with Crippen molar-refractivity contribution in [1.29, 1.82) is 0 Å². The second-order valence-electron chi connectivity index (χ2n) is 5.50. The minimum atomic E-state index is 0.180. The minimum Gasteiger partial charge on any atom is -0.370 e. The van der Waals surface area contributed by atoms with Crippen molar-refractivity contribution in [3.8, 4) is 0 Å². The van der Waals surface area contributed by atoms with E-state index in [1.54, 1.807) is 11.3 Å². The molecule has 1 saturated heterocycles. The van der Waals surface area contributed by atoms with E-state index in [0.29, 0.717) is 0 Å². The lowest BCUT2D eigenvalue weighted by Gasteiger charge is -2.45. The standard InChI is InChI=1S/C14H22N4S/c1-2-17-7-5-14(6-8-17)11-16-13(15)18(14)10-12-4-3-9-19-12/h3-4,9H,2,5-8,10-11H2,1H3,(H2,15,16). The van der Waals surface area contributed by atoms with E-state index >= 15 is 0 Å². The average molecular weight is 278 g/mol. The van der Waals surface area contributed by atoms with Crippen LogP contribution in [-0.4, -0.2) is 47.5 Å². The van der Waals surface area contributed by atoms with Gasteiger partial charge in [0.25, 0.3) is 0 Å². The molecule has 0 aromatic carbocycles. The zero-order valence-electron chi connectivity index (χ0n) is 11.5. The molecular formula is C14H22N4S. The van der Waals surface area contributed by atoms with Gasteiger partial charge in [0.2, 0.25) is 0 Å². The first-order valence-electron chi connectivity index (χ1n) is 7.06. The third-order valence-electron chi connectivity index (χ3n) is 4.51. The van der Waals surface area contributed by atoms with Gasteiger partial charge >= 0.3 is 0 Å². The number of nitrogens with zero attached hydrogens (tertiary/aromatic N) is 3. The number of nitrogens with two attached hydrogens (primary N) is 1. The molecule has 3 heterocycles. The maximum Gasteiger partial charge on any atom is 0.192 e. The summed E-state index contributed by atoms with van der Waals surface area (Å²) in [7, 11) is 0. The molecule has 0 amide bonds. The summed E-state index contributed by atoms with van der Waals surface area (Å²) in [6.45, 7) is 7.51. The van der Waals surface area contributed by atoms with E-state index < -0.39 is 0 Å². The van der Waals surface area contributed by atoms with E-state index in [-0.39, 0.29) is 5.54 Å². The molecule has 2 aliphatic heterocycles. The number of likely N-dealkylation sites (tertiary alicyclic amines) is 1. The first-order chi connectivity index (χ1) is 9.23. The maximum atomic E-state index is 6.14. The second kappa shape index (κ2) is 5.13. The van der Waals surface area contributed by atoms with Crippen LogP contribution in [0.25, 0.3) is 0 Å². The van der Waals surface area contributed by atoms with Crippen LogP contribution in [0.2, 0.25) is 0 Å². The number of piperidine rings is 1. The summed E-state index contributed by atoms with van der Waals surface area (Å²) in [4.78, 5) is 10.8. The highest BCUT2D eigenvalue weighted by molar-refractivity contribution is 7.09. The fraction of sp³-hybridized carbons (Fsp3) is 0.643. The predicted octanol–water partition coefficient (Wildman–Crippen LogP) is 1.73. The lowest BCUT2D eigenvalue weighted by atomic mass is 9.86. The van der Waals surface area contributed by atoms with Crippen LogP contribution in [0, 0.1) is 0 Å². The Hall–Kier alpha value is -1.07. The lowest BCUT2D eigenvalue weighted by molar-refractivity contribution is 0.0851. The molecule has 1 aromatic rings. The van der Waals surface area contributed by atoms with Crippen molar-refractivity contribution in [3.63, 3.8) is 0 Å². The van der Waals surface area contributed by atoms with Crippen molar-refractivity contribution in [2.75, 3.05) is 26.2 Å². The smallest absolute Gasteiger partial charge is 0.192 e. The van der Waals surface area contributed by atoms with Crippen LogP contribution in [0.15, 0.2) is 22.5 Å². The summed E-state index contributed by atoms with van der Waals surface area (Å²) in [6, 6.07) is 4.29. The monoisotopic (exact) mass is 278 g/mol. The number of hydrogen-bond acceptors (Lipinski definition) is 5. The van der Waals surface area contributed by atoms with Crippen LogP contribution in [-0.2, 0) is 6.54 Å². The highest BCUT2D eigenvalue weighted by Gasteiger charge is 2.44. The van der Waals surface area contributed by atoms with E-state index in [1.807, 2.05) is 0 Å². The first kappa shape index (κ1) is 12.9. The molecule has 0 radical (unpaired) electrons. The molecule has 2 N–H and O–H groups in total. The van der Waals surface area contributed by atoms with Crippen molar-refractivity contribution >= 4 is 17.3 Å². The van der Waals surface area contributed by atoms with Gasteiger partial charge < -0.3 is 15.5 Å². The first-order valence-corrected chi connectivity index (χ1v) is 7.94. The summed E-state index contributed by atoms with van der Waals surface area (Å²) in [5, 5.41) is 2.13. The molecule has 104 valence electrons. The van der Waals surface area contributed by atoms with Gasteiger partial charge in [0.15, 0.2) is 5.96 Å². The molecule has 0 atom stereocenters. The Morgan fingerprint density at radius 2 is 2.21 bits per heavy atom. The summed E-state index contributed by atoms with van der Waals surface area (Å²) in [6.07, 6.45) is 2.35. The molecule has 0 aliphatic carbocycles. The van der Waals surface area contributed by atoms with Crippen LogP contribution in [0.5, 0.6) is 0 Å². The molecule has 3 rings (SSSR count). The summed E-state index contributed by atoms with van der Waals surface area (Å²) in [5.74, 6) is 0.735. The summed E-state index contributed by atoms with van der Waals surface area (Å²) in [5.41, 5.74) is 6.32. The van der Waals surface area contributed by atoms with Crippen LogP contribution >= 0.6 is 11.3 Å². The van der Waals surface area contributed by atoms with Gasteiger partial charge in [-0.1, -0.05) is 13.0 Å². The van der Waals surface area contributed by atoms with E-state index in [1.165, 1.54) is 30.8 Å². The maximum absolute atomic E-state index is 6.14. The summed E-state index contributed by atoms with van der Waals surface area (Å²) >= 11 is 1.80. The van der Waals surface area contributed by atoms with Crippen LogP contribution in [0.4, 0.5) is 0 Å². The van der Waals surface area contributed by atoms with E-state index in [4.69, 9.17) is 5.73 Å². The Balaban J connectivity index is 1.74.